The summed E-state index contributed by atoms with van der Waals surface area (Å²) < 4.78 is 28.7. The lowest BCUT2D eigenvalue weighted by molar-refractivity contribution is 0.137. The minimum atomic E-state index is -3.75. The van der Waals surface area contributed by atoms with Crippen molar-refractivity contribution in [3.8, 4) is 51.4 Å². The highest BCUT2D eigenvalue weighted by atomic mass is 32.2. The molecule has 1 saturated carbocycles. The van der Waals surface area contributed by atoms with Crippen LogP contribution in [-0.2, 0) is 15.3 Å². The average Bonchev–Trinajstić information content (AvgIpc) is 3.18. The number of fused-ring (bicyclic) bond motifs is 4. The van der Waals surface area contributed by atoms with Crippen LogP contribution in [0.25, 0.3) is 45.3 Å². The molecule has 51 heavy (non-hydrogen) atoms. The van der Waals surface area contributed by atoms with Gasteiger partial charge in [0.15, 0.2) is 17.5 Å². The van der Waals surface area contributed by atoms with E-state index in [1.54, 1.807) is 12.1 Å². The zero-order valence-corrected chi connectivity index (χ0v) is 29.6. The number of nitrogens with zero attached hydrogens (tertiary/aromatic N) is 4. The number of sulfone groups is 1. The number of hydrogen-bond donors (Lipinski definition) is 0. The van der Waals surface area contributed by atoms with Crippen LogP contribution in [0.2, 0.25) is 0 Å². The lowest BCUT2D eigenvalue weighted by Gasteiger charge is -2.53. The van der Waals surface area contributed by atoms with E-state index in [1.807, 2.05) is 91.0 Å². The van der Waals surface area contributed by atoms with Crippen LogP contribution in [0.4, 0.5) is 0 Å². The van der Waals surface area contributed by atoms with Crippen LogP contribution in [0.5, 0.6) is 0 Å². The molecule has 2 heterocycles. The first-order chi connectivity index (χ1) is 24.8. The summed E-state index contributed by atoms with van der Waals surface area (Å²) in [6, 6.07) is 41.1. The first kappa shape index (κ1) is 32.7. The first-order valence-electron chi connectivity index (χ1n) is 17.8. The second-order valence-electron chi connectivity index (χ2n) is 13.8. The fourth-order valence-corrected chi connectivity index (χ4v) is 10.5. The Hall–Kier alpha value is -5.45. The molecule has 6 aromatic rings. The van der Waals surface area contributed by atoms with Gasteiger partial charge in [0.2, 0.25) is 9.84 Å². The molecule has 7 heteroatoms. The van der Waals surface area contributed by atoms with Gasteiger partial charge in [-0.3, -0.25) is 0 Å². The van der Waals surface area contributed by atoms with Crippen molar-refractivity contribution in [3.05, 3.63) is 138 Å². The Labute approximate surface area is 299 Å². The lowest BCUT2D eigenvalue weighted by Crippen LogP contribution is -2.48. The molecule has 252 valence electrons. The van der Waals surface area contributed by atoms with Crippen LogP contribution in [0.15, 0.2) is 131 Å². The van der Waals surface area contributed by atoms with E-state index in [4.69, 9.17) is 15.0 Å². The molecule has 8 rings (SSSR count). The highest BCUT2D eigenvalue weighted by molar-refractivity contribution is 7.91. The molecular formula is C44H38N4O2S. The van der Waals surface area contributed by atoms with Gasteiger partial charge in [0.1, 0.15) is 0 Å². The van der Waals surface area contributed by atoms with Crippen molar-refractivity contribution in [2.75, 3.05) is 0 Å². The van der Waals surface area contributed by atoms with Crippen molar-refractivity contribution in [1.29, 1.82) is 5.26 Å². The quantitative estimate of drug-likeness (QED) is 0.173. The van der Waals surface area contributed by atoms with Gasteiger partial charge >= 0.3 is 0 Å². The predicted octanol–water partition coefficient (Wildman–Crippen LogP) is 10.1. The van der Waals surface area contributed by atoms with E-state index < -0.39 is 15.3 Å². The summed E-state index contributed by atoms with van der Waals surface area (Å²) >= 11 is 0. The van der Waals surface area contributed by atoms with Gasteiger partial charge in [-0.2, -0.15) is 5.26 Å². The summed E-state index contributed by atoms with van der Waals surface area (Å²) in [5, 5.41) is 9.29. The SMILES string of the molecule is CCC[C@@H]1CCC[C@H](C)C12c1ccccc1S(=O)(=O)c1ccc(-c3nc(-c4ccccc4)nc(-c4cccc(-c5ccc(C#N)cc5)c4)n3)cc12. The van der Waals surface area contributed by atoms with Crippen LogP contribution in [-0.4, -0.2) is 23.4 Å². The van der Waals surface area contributed by atoms with Crippen molar-refractivity contribution < 1.29 is 8.42 Å². The van der Waals surface area contributed by atoms with Gasteiger partial charge in [0.05, 0.1) is 21.4 Å². The fraction of sp³-hybridized carbons (Fsp3) is 0.227. The normalized spacial score (nSPS) is 20.3. The standard InChI is InChI=1S/C44H38N4O2S/c1-3-11-36-17-9-12-29(2)44(36)37-18-7-8-19-39(37)51(49,50)40-25-24-35(27-38(40)44)43-47-41(32-13-5-4-6-14-32)46-42(48-43)34-16-10-15-33(26-34)31-22-20-30(28-45)21-23-31/h4-8,10,13-16,18-27,29,36H,3,9,11-12,17H2,1-2H3/t29-,36+,44?/m0/s1. The van der Waals surface area contributed by atoms with Gasteiger partial charge in [-0.05, 0) is 95.8 Å². The zero-order chi connectivity index (χ0) is 35.2. The molecule has 0 N–H and O–H groups in total. The number of benzene rings is 5. The minimum Gasteiger partial charge on any atom is -0.218 e. The third-order valence-electron chi connectivity index (χ3n) is 11.0. The molecule has 1 aliphatic carbocycles. The van der Waals surface area contributed by atoms with Crippen molar-refractivity contribution >= 4 is 9.84 Å². The Morgan fingerprint density at radius 3 is 2.00 bits per heavy atom. The van der Waals surface area contributed by atoms with Gasteiger partial charge in [-0.25, -0.2) is 23.4 Å². The van der Waals surface area contributed by atoms with Crippen LogP contribution < -0.4 is 0 Å². The first-order valence-corrected chi connectivity index (χ1v) is 19.2. The average molecular weight is 687 g/mol. The van der Waals surface area contributed by atoms with E-state index in [9.17, 15) is 13.7 Å². The van der Waals surface area contributed by atoms with Gasteiger partial charge in [-0.15, -0.1) is 0 Å². The number of nitriles is 1. The molecule has 2 aliphatic rings. The number of rotatable bonds is 6. The van der Waals surface area contributed by atoms with Crippen molar-refractivity contribution in [1.82, 2.24) is 15.0 Å². The number of hydrogen-bond acceptors (Lipinski definition) is 6. The molecule has 1 unspecified atom stereocenters. The third-order valence-corrected chi connectivity index (χ3v) is 12.8. The molecule has 1 aliphatic heterocycles. The largest absolute Gasteiger partial charge is 0.218 e. The fourth-order valence-electron chi connectivity index (χ4n) is 8.68. The number of aromatic nitrogens is 3. The highest BCUT2D eigenvalue weighted by Crippen LogP contribution is 2.59. The molecular weight excluding hydrogens is 649 g/mol. The molecule has 0 bridgehead atoms. The van der Waals surface area contributed by atoms with E-state index in [2.05, 4.69) is 38.1 Å². The zero-order valence-electron chi connectivity index (χ0n) is 28.8. The van der Waals surface area contributed by atoms with Crippen LogP contribution >= 0.6 is 0 Å². The second kappa shape index (κ2) is 13.0. The van der Waals surface area contributed by atoms with Crippen LogP contribution in [0, 0.1) is 23.2 Å². The smallest absolute Gasteiger partial charge is 0.207 e. The summed E-state index contributed by atoms with van der Waals surface area (Å²) in [4.78, 5) is 15.9. The lowest BCUT2D eigenvalue weighted by atomic mass is 9.53. The molecule has 1 fully saturated rings. The second-order valence-corrected chi connectivity index (χ2v) is 15.7. The Morgan fingerprint density at radius 1 is 0.667 bits per heavy atom. The van der Waals surface area contributed by atoms with Crippen LogP contribution in [0.3, 0.4) is 0 Å². The predicted molar refractivity (Wildman–Crippen MR) is 200 cm³/mol. The van der Waals surface area contributed by atoms with E-state index in [-0.39, 0.29) is 5.92 Å². The summed E-state index contributed by atoms with van der Waals surface area (Å²) in [5.74, 6) is 2.10. The highest BCUT2D eigenvalue weighted by Gasteiger charge is 2.54. The van der Waals surface area contributed by atoms with Gasteiger partial charge < -0.3 is 0 Å². The van der Waals surface area contributed by atoms with Gasteiger partial charge in [0, 0.05) is 22.1 Å². The maximum Gasteiger partial charge on any atom is 0.207 e. The van der Waals surface area contributed by atoms with Crippen molar-refractivity contribution in [3.63, 3.8) is 0 Å². The third kappa shape index (κ3) is 5.46. The van der Waals surface area contributed by atoms with Gasteiger partial charge in [-0.1, -0.05) is 106 Å². The summed E-state index contributed by atoms with van der Waals surface area (Å²) in [6.07, 6.45) is 5.27. The van der Waals surface area contributed by atoms with E-state index in [0.29, 0.717) is 38.7 Å². The van der Waals surface area contributed by atoms with E-state index in [0.717, 1.165) is 71.0 Å². The Morgan fingerprint density at radius 2 is 1.27 bits per heavy atom. The molecule has 0 amide bonds. The minimum absolute atomic E-state index is 0.243. The maximum absolute atomic E-state index is 14.3. The molecule has 1 aromatic heterocycles. The van der Waals surface area contributed by atoms with E-state index in [1.165, 1.54) is 0 Å². The van der Waals surface area contributed by atoms with Crippen LogP contribution in [0.1, 0.15) is 62.6 Å². The van der Waals surface area contributed by atoms with Crippen molar-refractivity contribution in [2.45, 2.75) is 61.2 Å². The van der Waals surface area contributed by atoms with Crippen molar-refractivity contribution in [2.24, 2.45) is 11.8 Å². The molecule has 5 aromatic carbocycles. The molecule has 0 saturated heterocycles. The Kier molecular flexibility index (Phi) is 8.36. The molecule has 1 spiro atoms. The van der Waals surface area contributed by atoms with E-state index >= 15 is 0 Å². The Bertz CT molecular complexity index is 2420. The maximum atomic E-state index is 14.3. The molecule has 3 atom stereocenters. The summed E-state index contributed by atoms with van der Waals surface area (Å²) in [5.41, 5.74) is 6.38. The monoisotopic (exact) mass is 686 g/mol. The van der Waals surface area contributed by atoms with Gasteiger partial charge in [0.25, 0.3) is 0 Å². The summed E-state index contributed by atoms with van der Waals surface area (Å²) in [6.45, 7) is 4.53. The molecule has 6 nitrogen and oxygen atoms in total. The summed E-state index contributed by atoms with van der Waals surface area (Å²) in [7, 11) is -3.75. The topological polar surface area (TPSA) is 96.6 Å². The molecule has 0 radical (unpaired) electrons. The Balaban J connectivity index is 1.34.